The first-order valence-electron chi connectivity index (χ1n) is 14.8. The van der Waals surface area contributed by atoms with Gasteiger partial charge in [0.15, 0.2) is 0 Å². The van der Waals surface area contributed by atoms with Crippen LogP contribution in [0.4, 0.5) is 13.2 Å². The smallest absolute Gasteiger partial charge is 0.456 e. The van der Waals surface area contributed by atoms with Crippen LogP contribution in [0.3, 0.4) is 0 Å². The number of allylic oxidation sites excluding steroid dienone is 2. The third-order valence-electron chi connectivity index (χ3n) is 11.8. The van der Waals surface area contributed by atoms with Crippen LogP contribution in [0, 0.1) is 52.3 Å². The van der Waals surface area contributed by atoms with Gasteiger partial charge in [-0.1, -0.05) is 66.0 Å². The van der Waals surface area contributed by atoms with Crippen molar-refractivity contribution in [2.45, 2.75) is 124 Å². The number of alkyl halides is 3. The van der Waals surface area contributed by atoms with Crippen LogP contribution >= 0.6 is 0 Å². The van der Waals surface area contributed by atoms with Crippen LogP contribution in [0.5, 0.6) is 0 Å². The molecule has 0 amide bonds. The van der Waals surface area contributed by atoms with Crippen LogP contribution < -0.4 is 0 Å². The number of hydrogen-bond donors (Lipinski definition) is 0. The van der Waals surface area contributed by atoms with Gasteiger partial charge in [0, 0.05) is 0 Å². The summed E-state index contributed by atoms with van der Waals surface area (Å²) in [7, 11) is 0. The first-order valence-corrected chi connectivity index (χ1v) is 14.8. The lowest BCUT2D eigenvalue weighted by Gasteiger charge is -2.58. The molecule has 5 heteroatoms. The number of carbonyl (C=O) groups excluding carboxylic acids is 1. The summed E-state index contributed by atoms with van der Waals surface area (Å²) in [5.74, 6) is 2.61. The van der Waals surface area contributed by atoms with Gasteiger partial charge in [-0.2, -0.15) is 13.2 Å². The van der Waals surface area contributed by atoms with Gasteiger partial charge in [0.05, 0.1) is 0 Å². The second kappa shape index (κ2) is 10.3. The molecular formula is C31H49F3O2. The number of carbonyl (C=O) groups is 1. The summed E-state index contributed by atoms with van der Waals surface area (Å²) in [6, 6.07) is 0. The van der Waals surface area contributed by atoms with Gasteiger partial charge in [-0.05, 0) is 110 Å². The fraction of sp³-hybridized carbons (Fsp3) is 0.903. The summed E-state index contributed by atoms with van der Waals surface area (Å²) in [6.07, 6.45) is 8.91. The van der Waals surface area contributed by atoms with Gasteiger partial charge in [0.25, 0.3) is 0 Å². The third-order valence-corrected chi connectivity index (χ3v) is 11.8. The molecule has 0 bridgehead atoms. The van der Waals surface area contributed by atoms with Crippen molar-refractivity contribution in [1.82, 2.24) is 0 Å². The maximum atomic E-state index is 12.7. The van der Waals surface area contributed by atoms with Crippen molar-refractivity contribution in [3.8, 4) is 0 Å². The zero-order chi connectivity index (χ0) is 26.5. The van der Waals surface area contributed by atoms with Crippen molar-refractivity contribution in [3.63, 3.8) is 0 Å². The molecule has 4 aliphatic rings. The first-order chi connectivity index (χ1) is 16.8. The second-order valence-corrected chi connectivity index (χ2v) is 13.7. The zero-order valence-corrected chi connectivity index (χ0v) is 23.4. The SMILES string of the molecule is CCC(CC[C@@H](C)[C@H]1CC[C@H]2C3=CCC4C[C@@H](OC(=O)C(F)(F)F)CC[C@]4(C)[C@H]3CC[C@]12C)C(C)C. The molecule has 0 aromatic heterocycles. The lowest BCUT2D eigenvalue weighted by atomic mass is 9.47. The van der Waals surface area contributed by atoms with Crippen molar-refractivity contribution >= 4 is 5.97 Å². The molecule has 4 rings (SSSR count). The van der Waals surface area contributed by atoms with Crippen LogP contribution in [0.15, 0.2) is 11.6 Å². The topological polar surface area (TPSA) is 26.3 Å². The Labute approximate surface area is 217 Å². The van der Waals surface area contributed by atoms with E-state index >= 15 is 0 Å². The first kappa shape index (κ1) is 28.0. The minimum atomic E-state index is -4.91. The predicted molar refractivity (Wildman–Crippen MR) is 138 cm³/mol. The molecule has 0 saturated heterocycles. The number of fused-ring (bicyclic) bond motifs is 5. The number of ether oxygens (including phenoxy) is 1. The lowest BCUT2D eigenvalue weighted by molar-refractivity contribution is -0.208. The monoisotopic (exact) mass is 510 g/mol. The summed E-state index contributed by atoms with van der Waals surface area (Å²) in [4.78, 5) is 11.4. The van der Waals surface area contributed by atoms with Crippen LogP contribution in [0.1, 0.15) is 112 Å². The molecule has 0 aromatic rings. The van der Waals surface area contributed by atoms with Gasteiger partial charge in [-0.15, -0.1) is 0 Å². The average molecular weight is 511 g/mol. The molecular weight excluding hydrogens is 461 g/mol. The van der Waals surface area contributed by atoms with Gasteiger partial charge in [-0.3, -0.25) is 0 Å². The Balaban J connectivity index is 1.44. The molecule has 0 radical (unpaired) electrons. The van der Waals surface area contributed by atoms with E-state index in [-0.39, 0.29) is 5.41 Å². The number of rotatable bonds is 7. The number of halogens is 3. The fourth-order valence-electron chi connectivity index (χ4n) is 9.46. The van der Waals surface area contributed by atoms with Gasteiger partial charge in [-0.25, -0.2) is 4.79 Å². The van der Waals surface area contributed by atoms with E-state index < -0.39 is 18.2 Å². The molecule has 0 heterocycles. The van der Waals surface area contributed by atoms with E-state index in [0.29, 0.717) is 36.0 Å². The molecule has 9 atom stereocenters. The Bertz CT molecular complexity index is 832. The highest BCUT2D eigenvalue weighted by Gasteiger charge is 2.58. The Kier molecular flexibility index (Phi) is 8.00. The maximum absolute atomic E-state index is 12.7. The van der Waals surface area contributed by atoms with Gasteiger partial charge in [0.2, 0.25) is 0 Å². The number of esters is 1. The van der Waals surface area contributed by atoms with E-state index in [0.717, 1.165) is 36.5 Å². The van der Waals surface area contributed by atoms with Crippen LogP contribution in [0.2, 0.25) is 0 Å². The van der Waals surface area contributed by atoms with Gasteiger partial charge in [0.1, 0.15) is 6.10 Å². The minimum Gasteiger partial charge on any atom is -0.456 e. The molecule has 3 saturated carbocycles. The largest absolute Gasteiger partial charge is 0.490 e. The molecule has 0 spiro atoms. The Hall–Kier alpha value is -1.00. The van der Waals surface area contributed by atoms with Crippen molar-refractivity contribution in [3.05, 3.63) is 11.6 Å². The third kappa shape index (κ3) is 5.03. The molecule has 2 nitrogen and oxygen atoms in total. The zero-order valence-electron chi connectivity index (χ0n) is 23.4. The summed E-state index contributed by atoms with van der Waals surface area (Å²) in [6.45, 7) is 14.5. The van der Waals surface area contributed by atoms with E-state index in [4.69, 9.17) is 4.74 Å². The quantitative estimate of drug-likeness (QED) is 0.252. The van der Waals surface area contributed by atoms with Crippen molar-refractivity contribution in [2.24, 2.45) is 52.3 Å². The Morgan fingerprint density at radius 2 is 1.69 bits per heavy atom. The molecule has 0 N–H and O–H groups in total. The molecule has 36 heavy (non-hydrogen) atoms. The Morgan fingerprint density at radius 3 is 2.33 bits per heavy atom. The second-order valence-electron chi connectivity index (χ2n) is 13.7. The van der Waals surface area contributed by atoms with Crippen LogP contribution in [0.25, 0.3) is 0 Å². The fourth-order valence-corrected chi connectivity index (χ4v) is 9.46. The minimum absolute atomic E-state index is 0.113. The lowest BCUT2D eigenvalue weighted by Crippen LogP contribution is -2.50. The molecule has 4 aliphatic carbocycles. The van der Waals surface area contributed by atoms with E-state index in [1.165, 1.54) is 44.9 Å². The van der Waals surface area contributed by atoms with E-state index in [1.54, 1.807) is 5.57 Å². The summed E-state index contributed by atoms with van der Waals surface area (Å²) >= 11 is 0. The average Bonchev–Trinajstić information content (AvgIpc) is 3.16. The van der Waals surface area contributed by atoms with Crippen LogP contribution in [-0.2, 0) is 9.53 Å². The normalized spacial score (nSPS) is 40.1. The van der Waals surface area contributed by atoms with E-state index in [1.807, 2.05) is 0 Å². The van der Waals surface area contributed by atoms with E-state index in [9.17, 15) is 18.0 Å². The highest BCUT2D eigenvalue weighted by atomic mass is 19.4. The molecule has 3 fully saturated rings. The molecule has 0 aromatic carbocycles. The van der Waals surface area contributed by atoms with Gasteiger partial charge >= 0.3 is 12.1 Å². The van der Waals surface area contributed by atoms with Crippen molar-refractivity contribution in [1.29, 1.82) is 0 Å². The molecule has 206 valence electrons. The summed E-state index contributed by atoms with van der Waals surface area (Å²) in [5, 5.41) is 0. The summed E-state index contributed by atoms with van der Waals surface area (Å²) < 4.78 is 43.1. The summed E-state index contributed by atoms with van der Waals surface area (Å²) in [5.41, 5.74) is 2.17. The van der Waals surface area contributed by atoms with Crippen LogP contribution in [-0.4, -0.2) is 18.2 Å². The predicted octanol–water partition coefficient (Wildman–Crippen LogP) is 9.14. The highest BCUT2D eigenvalue weighted by molar-refractivity contribution is 5.75. The molecule has 0 aliphatic heterocycles. The van der Waals surface area contributed by atoms with Gasteiger partial charge < -0.3 is 4.74 Å². The Morgan fingerprint density at radius 1 is 1.03 bits per heavy atom. The standard InChI is InChI=1S/C31H49F3O2/c1-7-21(19(2)3)9-8-20(4)25-12-13-26-24-11-10-22-18-23(36-28(35)31(32,33)34)14-16-29(22,5)27(24)15-17-30(25,26)6/h11,19-23,25-27H,7-10,12-18H2,1-6H3/t20-,21?,22?,23+,25-,26+,27+,29+,30-/m1/s1. The maximum Gasteiger partial charge on any atom is 0.490 e. The molecule has 2 unspecified atom stereocenters. The van der Waals surface area contributed by atoms with E-state index in [2.05, 4.69) is 47.6 Å². The van der Waals surface area contributed by atoms with Crippen molar-refractivity contribution < 1.29 is 22.7 Å². The highest BCUT2D eigenvalue weighted by Crippen LogP contribution is 2.67. The van der Waals surface area contributed by atoms with Crippen molar-refractivity contribution in [2.75, 3.05) is 0 Å². The number of hydrogen-bond acceptors (Lipinski definition) is 2.